The first-order valence-corrected chi connectivity index (χ1v) is 9.40. The fourth-order valence-corrected chi connectivity index (χ4v) is 2.80. The van der Waals surface area contributed by atoms with Crippen LogP contribution in [0, 0.1) is 0 Å². The van der Waals surface area contributed by atoms with Gasteiger partial charge in [0.25, 0.3) is 5.91 Å². The number of ether oxygens (including phenoxy) is 2. The van der Waals surface area contributed by atoms with E-state index in [1.807, 2.05) is 78.9 Å². The molecule has 144 valence electrons. The van der Waals surface area contributed by atoms with Gasteiger partial charge in [0.1, 0.15) is 18.1 Å². The van der Waals surface area contributed by atoms with Crippen molar-refractivity contribution in [3.63, 3.8) is 0 Å². The highest BCUT2D eigenvalue weighted by atomic mass is 16.5. The van der Waals surface area contributed by atoms with Crippen molar-refractivity contribution in [3.05, 3.63) is 90.0 Å². The van der Waals surface area contributed by atoms with Gasteiger partial charge in [0.2, 0.25) is 0 Å². The summed E-state index contributed by atoms with van der Waals surface area (Å²) in [5.74, 6) is 1.64. The van der Waals surface area contributed by atoms with Crippen LogP contribution < -0.4 is 14.8 Å². The van der Waals surface area contributed by atoms with Crippen LogP contribution in [0.1, 0.15) is 30.9 Å². The summed E-state index contributed by atoms with van der Waals surface area (Å²) in [5.41, 5.74) is 2.91. The second kappa shape index (κ2) is 9.60. The minimum absolute atomic E-state index is 0.0318. The van der Waals surface area contributed by atoms with Crippen molar-refractivity contribution < 1.29 is 14.3 Å². The molecule has 0 bridgehead atoms. The maximum Gasteiger partial charge on any atom is 0.262 e. The smallest absolute Gasteiger partial charge is 0.262 e. The Labute approximate surface area is 166 Å². The highest BCUT2D eigenvalue weighted by Crippen LogP contribution is 2.25. The number of amides is 1. The molecule has 0 fully saturated rings. The molecule has 3 aromatic carbocycles. The summed E-state index contributed by atoms with van der Waals surface area (Å²) in [4.78, 5) is 12.2. The number of carbonyl (C=O) groups excluding carboxylic acids is 1. The van der Waals surface area contributed by atoms with Crippen LogP contribution in [0.15, 0.2) is 78.9 Å². The minimum Gasteiger partial charge on any atom is -0.489 e. The predicted molar refractivity (Wildman–Crippen MR) is 112 cm³/mol. The lowest BCUT2D eigenvalue weighted by atomic mass is 10.0. The largest absolute Gasteiger partial charge is 0.489 e. The van der Waals surface area contributed by atoms with Gasteiger partial charge in [-0.25, -0.2) is 0 Å². The van der Waals surface area contributed by atoms with Crippen LogP contribution in [0.4, 0.5) is 5.69 Å². The molecule has 28 heavy (non-hydrogen) atoms. The second-order valence-corrected chi connectivity index (χ2v) is 6.83. The maximum atomic E-state index is 12.2. The molecule has 0 radical (unpaired) electrons. The Bertz CT molecular complexity index is 889. The fourth-order valence-electron chi connectivity index (χ4n) is 2.80. The van der Waals surface area contributed by atoms with Crippen LogP contribution in [0.5, 0.6) is 11.5 Å². The average Bonchev–Trinajstić information content (AvgIpc) is 2.72. The van der Waals surface area contributed by atoms with Crippen molar-refractivity contribution in [2.45, 2.75) is 26.4 Å². The van der Waals surface area contributed by atoms with E-state index >= 15 is 0 Å². The van der Waals surface area contributed by atoms with Gasteiger partial charge in [0.15, 0.2) is 6.61 Å². The van der Waals surface area contributed by atoms with Gasteiger partial charge in [-0.05, 0) is 47.4 Å². The number of benzene rings is 3. The zero-order chi connectivity index (χ0) is 19.8. The first kappa shape index (κ1) is 19.5. The average molecular weight is 375 g/mol. The number of hydrogen-bond donors (Lipinski definition) is 1. The van der Waals surface area contributed by atoms with Gasteiger partial charge in [0, 0.05) is 5.69 Å². The van der Waals surface area contributed by atoms with E-state index in [-0.39, 0.29) is 12.5 Å². The van der Waals surface area contributed by atoms with Gasteiger partial charge in [-0.3, -0.25) is 4.79 Å². The molecule has 0 aromatic heterocycles. The Morgan fingerprint density at radius 2 is 1.54 bits per heavy atom. The lowest BCUT2D eigenvalue weighted by Gasteiger charge is -2.14. The Morgan fingerprint density at radius 3 is 2.25 bits per heavy atom. The molecule has 0 saturated carbocycles. The summed E-state index contributed by atoms with van der Waals surface area (Å²) < 4.78 is 11.5. The van der Waals surface area contributed by atoms with Crippen LogP contribution in [0.2, 0.25) is 0 Å². The quantitative estimate of drug-likeness (QED) is 0.573. The molecule has 0 atom stereocenters. The molecule has 1 amide bonds. The van der Waals surface area contributed by atoms with Gasteiger partial charge >= 0.3 is 0 Å². The van der Waals surface area contributed by atoms with Crippen molar-refractivity contribution in [2.24, 2.45) is 0 Å². The third kappa shape index (κ3) is 5.61. The molecule has 0 heterocycles. The first-order chi connectivity index (χ1) is 13.6. The summed E-state index contributed by atoms with van der Waals surface area (Å²) in [6.45, 7) is 4.68. The Balaban J connectivity index is 1.49. The molecular formula is C24H25NO3. The molecule has 0 spiro atoms. The predicted octanol–water partition coefficient (Wildman–Crippen LogP) is 5.41. The van der Waals surface area contributed by atoms with E-state index in [2.05, 4.69) is 19.2 Å². The van der Waals surface area contributed by atoms with Crippen molar-refractivity contribution in [1.82, 2.24) is 0 Å². The second-order valence-electron chi connectivity index (χ2n) is 6.83. The number of para-hydroxylation sites is 1. The standard InChI is InChI=1S/C24H25NO3/c1-18(2)22-10-6-7-11-23(22)28-17-24(26)25-20-12-14-21(15-13-20)27-16-19-8-4-3-5-9-19/h3-15,18H,16-17H2,1-2H3,(H,25,26). The molecule has 3 rings (SSSR count). The molecule has 1 N–H and O–H groups in total. The molecule has 0 saturated heterocycles. The van der Waals surface area contributed by atoms with E-state index in [1.165, 1.54) is 0 Å². The molecule has 4 heteroatoms. The van der Waals surface area contributed by atoms with Crippen molar-refractivity contribution in [3.8, 4) is 11.5 Å². The molecular weight excluding hydrogens is 350 g/mol. The molecule has 3 aromatic rings. The van der Waals surface area contributed by atoms with E-state index in [0.29, 0.717) is 18.2 Å². The topological polar surface area (TPSA) is 47.6 Å². The maximum absolute atomic E-state index is 12.2. The molecule has 0 aliphatic heterocycles. The number of hydrogen-bond acceptors (Lipinski definition) is 3. The molecule has 0 aliphatic rings. The number of carbonyl (C=O) groups is 1. The lowest BCUT2D eigenvalue weighted by Crippen LogP contribution is -2.20. The summed E-state index contributed by atoms with van der Waals surface area (Å²) in [6.07, 6.45) is 0. The highest BCUT2D eigenvalue weighted by molar-refractivity contribution is 5.91. The van der Waals surface area contributed by atoms with Crippen molar-refractivity contribution in [1.29, 1.82) is 0 Å². The normalized spacial score (nSPS) is 10.5. The van der Waals surface area contributed by atoms with Crippen LogP contribution >= 0.6 is 0 Å². The van der Waals surface area contributed by atoms with E-state index in [9.17, 15) is 4.79 Å². The summed E-state index contributed by atoms with van der Waals surface area (Å²) in [6, 6.07) is 25.1. The van der Waals surface area contributed by atoms with Crippen LogP contribution in [-0.2, 0) is 11.4 Å². The van der Waals surface area contributed by atoms with Gasteiger partial charge in [-0.15, -0.1) is 0 Å². The third-order valence-corrected chi connectivity index (χ3v) is 4.29. The van der Waals surface area contributed by atoms with E-state index < -0.39 is 0 Å². The van der Waals surface area contributed by atoms with E-state index in [4.69, 9.17) is 9.47 Å². The zero-order valence-corrected chi connectivity index (χ0v) is 16.2. The molecule has 4 nitrogen and oxygen atoms in total. The molecule has 0 unspecified atom stereocenters. The lowest BCUT2D eigenvalue weighted by molar-refractivity contribution is -0.118. The van der Waals surface area contributed by atoms with Crippen LogP contribution in [0.3, 0.4) is 0 Å². The van der Waals surface area contributed by atoms with Crippen LogP contribution in [-0.4, -0.2) is 12.5 Å². The Morgan fingerprint density at radius 1 is 0.857 bits per heavy atom. The molecule has 0 aliphatic carbocycles. The minimum atomic E-state index is -0.198. The monoisotopic (exact) mass is 375 g/mol. The van der Waals surface area contributed by atoms with Gasteiger partial charge in [-0.1, -0.05) is 62.4 Å². The highest BCUT2D eigenvalue weighted by Gasteiger charge is 2.09. The zero-order valence-electron chi connectivity index (χ0n) is 16.2. The van der Waals surface area contributed by atoms with E-state index in [0.717, 1.165) is 22.6 Å². The van der Waals surface area contributed by atoms with E-state index in [1.54, 1.807) is 0 Å². The van der Waals surface area contributed by atoms with Crippen molar-refractivity contribution >= 4 is 11.6 Å². The van der Waals surface area contributed by atoms with Crippen molar-refractivity contribution in [2.75, 3.05) is 11.9 Å². The number of rotatable bonds is 8. The first-order valence-electron chi connectivity index (χ1n) is 9.40. The van der Waals surface area contributed by atoms with Gasteiger partial charge in [0.05, 0.1) is 0 Å². The van der Waals surface area contributed by atoms with Crippen LogP contribution in [0.25, 0.3) is 0 Å². The summed E-state index contributed by atoms with van der Waals surface area (Å²) >= 11 is 0. The SMILES string of the molecule is CC(C)c1ccccc1OCC(=O)Nc1ccc(OCc2ccccc2)cc1. The Kier molecular flexibility index (Phi) is 6.68. The summed E-state index contributed by atoms with van der Waals surface area (Å²) in [5, 5.41) is 2.84. The number of nitrogens with one attached hydrogen (secondary N) is 1. The third-order valence-electron chi connectivity index (χ3n) is 4.29. The van der Waals surface area contributed by atoms with Gasteiger partial charge < -0.3 is 14.8 Å². The Hall–Kier alpha value is -3.27. The number of anilines is 1. The summed E-state index contributed by atoms with van der Waals surface area (Å²) in [7, 11) is 0. The van der Waals surface area contributed by atoms with Gasteiger partial charge in [-0.2, -0.15) is 0 Å². The fraction of sp³-hybridized carbons (Fsp3) is 0.208.